The topological polar surface area (TPSA) is 185 Å². The number of hydrogen-bond acceptors (Lipinski definition) is 7. The molecule has 0 spiro atoms. The number of carboxylic acids is 2. The lowest BCUT2D eigenvalue weighted by Gasteiger charge is -2.32. The van der Waals surface area contributed by atoms with Gasteiger partial charge in [-0.1, -0.05) is 0 Å². The Morgan fingerprint density at radius 1 is 1.11 bits per heavy atom. The van der Waals surface area contributed by atoms with Crippen LogP contribution < -0.4 is 5.32 Å². The predicted octanol–water partition coefficient (Wildman–Crippen LogP) is -3.94. The standard InChI is InChI=1S/C8H13NO9/c1-2(10)9-8(18,7(16)17)5(13)3(11)4(12)6(14)15/h3-5,11-13,18H,1H3,(H,9,10)(H,14,15)(H,16,17). The fourth-order valence-electron chi connectivity index (χ4n) is 1.09. The van der Waals surface area contributed by atoms with E-state index < -0.39 is 41.9 Å². The van der Waals surface area contributed by atoms with Crippen molar-refractivity contribution >= 4 is 17.8 Å². The molecular formula is C8H13NO9. The minimum atomic E-state index is -3.33. The number of nitrogens with one attached hydrogen (secondary N) is 1. The van der Waals surface area contributed by atoms with Gasteiger partial charge in [-0.2, -0.15) is 0 Å². The molecule has 0 aromatic rings. The molecule has 7 N–H and O–H groups in total. The van der Waals surface area contributed by atoms with Crippen LogP contribution in [-0.4, -0.2) is 72.5 Å². The van der Waals surface area contributed by atoms with Crippen LogP contribution in [0.15, 0.2) is 0 Å². The molecule has 0 aromatic carbocycles. The van der Waals surface area contributed by atoms with E-state index in [1.165, 1.54) is 5.32 Å². The van der Waals surface area contributed by atoms with Gasteiger partial charge in [-0.25, -0.2) is 9.59 Å². The van der Waals surface area contributed by atoms with Gasteiger partial charge in [0, 0.05) is 6.92 Å². The quantitative estimate of drug-likeness (QED) is 0.236. The summed E-state index contributed by atoms with van der Waals surface area (Å²) in [5, 5.41) is 55.4. The fraction of sp³-hybridized carbons (Fsp3) is 0.625. The van der Waals surface area contributed by atoms with Gasteiger partial charge in [0.15, 0.2) is 6.10 Å². The van der Waals surface area contributed by atoms with Crippen molar-refractivity contribution in [3.05, 3.63) is 0 Å². The molecule has 4 unspecified atom stereocenters. The zero-order valence-electron chi connectivity index (χ0n) is 9.14. The SMILES string of the molecule is CC(=O)NC(O)(C(=O)O)C(O)C(O)C(O)C(=O)O. The molecule has 0 aromatic heterocycles. The summed E-state index contributed by atoms with van der Waals surface area (Å²) in [5.41, 5.74) is -3.33. The number of rotatable bonds is 6. The lowest BCUT2D eigenvalue weighted by atomic mass is 9.97. The number of carboxylic acid groups (broad SMARTS) is 2. The number of aliphatic hydroxyl groups is 4. The smallest absolute Gasteiger partial charge is 0.360 e. The number of hydrogen-bond donors (Lipinski definition) is 7. The van der Waals surface area contributed by atoms with Gasteiger partial charge in [-0.05, 0) is 0 Å². The highest BCUT2D eigenvalue weighted by Crippen LogP contribution is 2.14. The van der Waals surface area contributed by atoms with Crippen molar-refractivity contribution in [1.82, 2.24) is 5.32 Å². The van der Waals surface area contributed by atoms with E-state index in [9.17, 15) is 29.7 Å². The maximum Gasteiger partial charge on any atom is 0.360 e. The van der Waals surface area contributed by atoms with Gasteiger partial charge in [0.1, 0.15) is 12.2 Å². The van der Waals surface area contributed by atoms with Crippen LogP contribution in [0.2, 0.25) is 0 Å². The number of carbonyl (C=O) groups excluding carboxylic acids is 1. The van der Waals surface area contributed by atoms with Crippen molar-refractivity contribution in [1.29, 1.82) is 0 Å². The molecule has 0 heterocycles. The van der Waals surface area contributed by atoms with Crippen molar-refractivity contribution in [2.24, 2.45) is 0 Å². The van der Waals surface area contributed by atoms with Crippen LogP contribution in [0.3, 0.4) is 0 Å². The third-order valence-corrected chi connectivity index (χ3v) is 2.02. The van der Waals surface area contributed by atoms with E-state index in [1.54, 1.807) is 0 Å². The van der Waals surface area contributed by atoms with Gasteiger partial charge in [-0.3, -0.25) is 4.79 Å². The highest BCUT2D eigenvalue weighted by Gasteiger charge is 2.50. The maximum absolute atomic E-state index is 10.7. The Kier molecular flexibility index (Phi) is 5.17. The molecule has 10 heteroatoms. The van der Waals surface area contributed by atoms with Crippen molar-refractivity contribution in [2.45, 2.75) is 31.0 Å². The fourth-order valence-corrected chi connectivity index (χ4v) is 1.09. The van der Waals surface area contributed by atoms with Crippen molar-refractivity contribution in [3.8, 4) is 0 Å². The molecule has 0 saturated carbocycles. The Labute approximate surface area is 100 Å². The van der Waals surface area contributed by atoms with Crippen LogP contribution >= 0.6 is 0 Å². The summed E-state index contributed by atoms with van der Waals surface area (Å²) in [6.07, 6.45) is -7.74. The predicted molar refractivity (Wildman–Crippen MR) is 52.1 cm³/mol. The zero-order chi connectivity index (χ0) is 14.7. The summed E-state index contributed by atoms with van der Waals surface area (Å²) < 4.78 is 0. The molecule has 1 amide bonds. The van der Waals surface area contributed by atoms with E-state index in [-0.39, 0.29) is 0 Å². The molecule has 104 valence electrons. The molecule has 0 radical (unpaired) electrons. The van der Waals surface area contributed by atoms with Crippen LogP contribution in [-0.2, 0) is 14.4 Å². The number of amides is 1. The van der Waals surface area contributed by atoms with E-state index in [1.807, 2.05) is 0 Å². The zero-order valence-corrected chi connectivity index (χ0v) is 9.14. The Hall–Kier alpha value is -1.75. The number of aliphatic hydroxyl groups excluding tert-OH is 3. The molecule has 0 saturated heterocycles. The first-order valence-corrected chi connectivity index (χ1v) is 4.55. The third kappa shape index (κ3) is 3.37. The minimum Gasteiger partial charge on any atom is -0.479 e. The molecule has 0 aliphatic heterocycles. The first-order valence-electron chi connectivity index (χ1n) is 4.55. The van der Waals surface area contributed by atoms with Crippen LogP contribution in [0.4, 0.5) is 0 Å². The molecule has 0 aliphatic carbocycles. The van der Waals surface area contributed by atoms with Gasteiger partial charge in [0.25, 0.3) is 5.72 Å². The van der Waals surface area contributed by atoms with Crippen LogP contribution in [0, 0.1) is 0 Å². The molecule has 4 atom stereocenters. The summed E-state index contributed by atoms with van der Waals surface area (Å²) in [5.74, 6) is -5.14. The molecule has 0 rings (SSSR count). The average molecular weight is 267 g/mol. The maximum atomic E-state index is 10.7. The average Bonchev–Trinajstić information content (AvgIpc) is 2.24. The minimum absolute atomic E-state index is 0.820. The molecular weight excluding hydrogens is 254 g/mol. The van der Waals surface area contributed by atoms with Gasteiger partial charge >= 0.3 is 11.9 Å². The summed E-state index contributed by atoms with van der Waals surface area (Å²) in [6.45, 7) is 0.820. The summed E-state index contributed by atoms with van der Waals surface area (Å²) >= 11 is 0. The van der Waals surface area contributed by atoms with E-state index in [2.05, 4.69) is 0 Å². The largest absolute Gasteiger partial charge is 0.479 e. The lowest BCUT2D eigenvalue weighted by molar-refractivity contribution is -0.201. The first-order chi connectivity index (χ1) is 8.04. The monoisotopic (exact) mass is 267 g/mol. The van der Waals surface area contributed by atoms with Crippen molar-refractivity contribution < 1.29 is 45.0 Å². The van der Waals surface area contributed by atoms with Gasteiger partial charge in [-0.15, -0.1) is 0 Å². The number of carbonyl (C=O) groups is 3. The van der Waals surface area contributed by atoms with Gasteiger partial charge < -0.3 is 36.0 Å². The van der Waals surface area contributed by atoms with Gasteiger partial charge in [0.2, 0.25) is 5.91 Å². The van der Waals surface area contributed by atoms with Crippen molar-refractivity contribution in [2.75, 3.05) is 0 Å². The first kappa shape index (κ1) is 16.2. The number of aliphatic carboxylic acids is 2. The Morgan fingerprint density at radius 2 is 1.56 bits per heavy atom. The summed E-state index contributed by atoms with van der Waals surface area (Å²) in [4.78, 5) is 31.7. The van der Waals surface area contributed by atoms with Crippen molar-refractivity contribution in [3.63, 3.8) is 0 Å². The molecule has 0 bridgehead atoms. The normalized spacial score (nSPS) is 19.2. The van der Waals surface area contributed by atoms with E-state index in [0.717, 1.165) is 6.92 Å². The molecule has 0 aliphatic rings. The highest BCUT2D eigenvalue weighted by molar-refractivity contribution is 5.85. The van der Waals surface area contributed by atoms with Crippen LogP contribution in [0.5, 0.6) is 0 Å². The van der Waals surface area contributed by atoms with E-state index in [0.29, 0.717) is 0 Å². The molecule has 18 heavy (non-hydrogen) atoms. The van der Waals surface area contributed by atoms with Crippen LogP contribution in [0.25, 0.3) is 0 Å². The highest BCUT2D eigenvalue weighted by atomic mass is 16.5. The third-order valence-electron chi connectivity index (χ3n) is 2.02. The molecule has 0 fully saturated rings. The van der Waals surface area contributed by atoms with E-state index in [4.69, 9.17) is 15.3 Å². The molecule has 10 nitrogen and oxygen atoms in total. The second-order valence-corrected chi connectivity index (χ2v) is 3.47. The second-order valence-electron chi connectivity index (χ2n) is 3.47. The van der Waals surface area contributed by atoms with E-state index >= 15 is 0 Å². The lowest BCUT2D eigenvalue weighted by Crippen LogP contribution is -2.66. The second kappa shape index (κ2) is 5.73. The Morgan fingerprint density at radius 3 is 1.83 bits per heavy atom. The summed E-state index contributed by atoms with van der Waals surface area (Å²) in [6, 6.07) is 0. The van der Waals surface area contributed by atoms with Gasteiger partial charge in [0.05, 0.1) is 0 Å². The van der Waals surface area contributed by atoms with Crippen LogP contribution in [0.1, 0.15) is 6.92 Å². The Balaban J connectivity index is 5.20. The summed E-state index contributed by atoms with van der Waals surface area (Å²) in [7, 11) is 0. The Bertz CT molecular complexity index is 356.